The highest BCUT2D eigenvalue weighted by Gasteiger charge is 2.30. The molecule has 1 fully saturated rings. The number of aromatic nitrogens is 2. The van der Waals surface area contributed by atoms with Crippen LogP contribution in [0.4, 0.5) is 10.2 Å². The number of hydrogen-bond donors (Lipinski definition) is 1. The first kappa shape index (κ1) is 16.3. The van der Waals surface area contributed by atoms with Crippen molar-refractivity contribution < 1.29 is 9.18 Å². The van der Waals surface area contributed by atoms with E-state index in [1.54, 1.807) is 6.07 Å². The molecule has 0 atom stereocenters. The molecule has 2 heterocycles. The van der Waals surface area contributed by atoms with Crippen LogP contribution in [0.2, 0.25) is 0 Å². The van der Waals surface area contributed by atoms with Gasteiger partial charge in [-0.15, -0.1) is 0 Å². The number of nitrogens with zero attached hydrogens (tertiary/aromatic N) is 3. The summed E-state index contributed by atoms with van der Waals surface area (Å²) in [5.74, 6) is 0.622. The summed E-state index contributed by atoms with van der Waals surface area (Å²) in [4.78, 5) is 13.6. The van der Waals surface area contributed by atoms with Gasteiger partial charge in [-0.2, -0.15) is 5.10 Å². The number of hydrogen-bond acceptors (Lipinski definition) is 3. The third kappa shape index (κ3) is 2.83. The first-order valence-electron chi connectivity index (χ1n) is 8.46. The number of halogens is 1. The number of amides is 1. The zero-order valence-corrected chi connectivity index (χ0v) is 14.4. The van der Waals surface area contributed by atoms with Gasteiger partial charge in [0.15, 0.2) is 0 Å². The summed E-state index contributed by atoms with van der Waals surface area (Å²) >= 11 is 0. The summed E-state index contributed by atoms with van der Waals surface area (Å²) in [5, 5.41) is 8.54. The Kier molecular flexibility index (Phi) is 3.95. The van der Waals surface area contributed by atoms with E-state index in [-0.39, 0.29) is 17.8 Å². The predicted molar refractivity (Wildman–Crippen MR) is 100 cm³/mol. The van der Waals surface area contributed by atoms with E-state index in [0.717, 1.165) is 40.9 Å². The summed E-state index contributed by atoms with van der Waals surface area (Å²) in [7, 11) is 1.91. The minimum Gasteiger partial charge on any atom is -0.352 e. The largest absolute Gasteiger partial charge is 0.352 e. The van der Waals surface area contributed by atoms with Gasteiger partial charge in [-0.05, 0) is 41.5 Å². The fourth-order valence-electron chi connectivity index (χ4n) is 3.41. The fraction of sp³-hybridized carbons (Fsp3) is 0.200. The number of anilines is 1. The minimum absolute atomic E-state index is 0.122. The molecular formula is C20H19FN4O. The summed E-state index contributed by atoms with van der Waals surface area (Å²) < 4.78 is 15.3. The molecule has 1 saturated heterocycles. The van der Waals surface area contributed by atoms with Crippen molar-refractivity contribution in [2.45, 2.75) is 6.04 Å². The zero-order valence-electron chi connectivity index (χ0n) is 14.4. The average Bonchev–Trinajstić information content (AvgIpc) is 2.92. The maximum atomic E-state index is 13.5. The highest BCUT2D eigenvalue weighted by Crippen LogP contribution is 2.32. The normalized spacial score (nSPS) is 14.3. The van der Waals surface area contributed by atoms with Crippen molar-refractivity contribution in [3.8, 4) is 11.1 Å². The second kappa shape index (κ2) is 6.29. The molecule has 3 aromatic rings. The van der Waals surface area contributed by atoms with E-state index in [1.165, 1.54) is 18.2 Å². The monoisotopic (exact) mass is 350 g/mol. The highest BCUT2D eigenvalue weighted by molar-refractivity contribution is 5.94. The molecule has 0 unspecified atom stereocenters. The quantitative estimate of drug-likeness (QED) is 0.736. The zero-order chi connectivity index (χ0) is 18.3. The van der Waals surface area contributed by atoms with Crippen LogP contribution in [-0.2, 0) is 11.8 Å². The number of benzene rings is 2. The van der Waals surface area contributed by atoms with Gasteiger partial charge in [-0.1, -0.05) is 24.8 Å². The van der Waals surface area contributed by atoms with E-state index in [0.29, 0.717) is 0 Å². The van der Waals surface area contributed by atoms with Crippen LogP contribution >= 0.6 is 0 Å². The molecule has 0 spiro atoms. The van der Waals surface area contributed by atoms with Gasteiger partial charge in [0.2, 0.25) is 5.91 Å². The van der Waals surface area contributed by atoms with E-state index in [9.17, 15) is 9.18 Å². The lowest BCUT2D eigenvalue weighted by molar-refractivity contribution is -0.117. The predicted octanol–water partition coefficient (Wildman–Crippen LogP) is 2.87. The maximum Gasteiger partial charge on any atom is 0.243 e. The molecule has 6 heteroatoms. The van der Waals surface area contributed by atoms with Gasteiger partial charge in [0.1, 0.15) is 11.6 Å². The molecule has 5 nitrogen and oxygen atoms in total. The Balaban J connectivity index is 1.61. The first-order valence-corrected chi connectivity index (χ1v) is 8.46. The average molecular weight is 350 g/mol. The molecule has 0 aliphatic carbocycles. The van der Waals surface area contributed by atoms with Gasteiger partial charge >= 0.3 is 0 Å². The number of aryl methyl sites for hydroxylation is 1. The van der Waals surface area contributed by atoms with Crippen molar-refractivity contribution in [3.63, 3.8) is 0 Å². The van der Waals surface area contributed by atoms with Crippen LogP contribution in [0.3, 0.4) is 0 Å². The van der Waals surface area contributed by atoms with Crippen molar-refractivity contribution in [1.82, 2.24) is 15.1 Å². The lowest BCUT2D eigenvalue weighted by Crippen LogP contribution is -2.59. The van der Waals surface area contributed by atoms with E-state index in [4.69, 9.17) is 0 Å². The molecule has 0 bridgehead atoms. The summed E-state index contributed by atoms with van der Waals surface area (Å²) in [5.41, 5.74) is 2.62. The Morgan fingerprint density at radius 3 is 2.77 bits per heavy atom. The highest BCUT2D eigenvalue weighted by atomic mass is 19.1. The molecule has 1 aromatic heterocycles. The van der Waals surface area contributed by atoms with Gasteiger partial charge in [0, 0.05) is 25.5 Å². The Morgan fingerprint density at radius 2 is 2.04 bits per heavy atom. The Labute approximate surface area is 150 Å². The molecule has 0 saturated carbocycles. The topological polar surface area (TPSA) is 50.2 Å². The van der Waals surface area contributed by atoms with Crippen LogP contribution in [0.25, 0.3) is 22.0 Å². The lowest BCUT2D eigenvalue weighted by atomic mass is 10.0. The molecule has 4 rings (SSSR count). The molecule has 2 aromatic carbocycles. The van der Waals surface area contributed by atoms with Crippen LogP contribution in [0, 0.1) is 5.82 Å². The fourth-order valence-corrected chi connectivity index (χ4v) is 3.41. The Hall–Kier alpha value is -3.15. The Bertz CT molecular complexity index is 1000. The third-order valence-electron chi connectivity index (χ3n) is 4.67. The number of fused-ring (bicyclic) bond motifs is 1. The maximum absolute atomic E-state index is 13.5. The molecule has 132 valence electrons. The Morgan fingerprint density at radius 1 is 1.27 bits per heavy atom. The van der Waals surface area contributed by atoms with Gasteiger partial charge in [0.05, 0.1) is 11.6 Å². The SMILES string of the molecule is C=CC(=O)NC1CN(c2c3ccc(-c4cccc(F)c4)cc3nn2C)C1. The third-order valence-corrected chi connectivity index (χ3v) is 4.67. The van der Waals surface area contributed by atoms with Gasteiger partial charge in [0.25, 0.3) is 0 Å². The summed E-state index contributed by atoms with van der Waals surface area (Å²) in [6, 6.07) is 12.7. The molecule has 1 aliphatic rings. The standard InChI is InChI=1S/C20H19FN4O/c1-3-19(26)22-16-11-25(12-16)20-17-8-7-14(10-18(17)23-24(20)2)13-5-4-6-15(21)9-13/h3-10,16H,1,11-12H2,2H3,(H,22,26). The van der Waals surface area contributed by atoms with E-state index >= 15 is 0 Å². The first-order chi connectivity index (χ1) is 12.5. The van der Waals surface area contributed by atoms with Crippen molar-refractivity contribution in [2.75, 3.05) is 18.0 Å². The van der Waals surface area contributed by atoms with Crippen LogP contribution in [0.15, 0.2) is 55.1 Å². The second-order valence-electron chi connectivity index (χ2n) is 6.50. The van der Waals surface area contributed by atoms with Gasteiger partial charge < -0.3 is 10.2 Å². The summed E-state index contributed by atoms with van der Waals surface area (Å²) in [6.45, 7) is 4.94. The summed E-state index contributed by atoms with van der Waals surface area (Å²) in [6.07, 6.45) is 1.29. The lowest BCUT2D eigenvalue weighted by Gasteiger charge is -2.40. The van der Waals surface area contributed by atoms with Crippen LogP contribution in [-0.4, -0.2) is 34.8 Å². The molecule has 1 amide bonds. The van der Waals surface area contributed by atoms with E-state index in [2.05, 4.69) is 21.9 Å². The van der Waals surface area contributed by atoms with Crippen molar-refractivity contribution in [2.24, 2.45) is 7.05 Å². The van der Waals surface area contributed by atoms with Gasteiger partial charge in [-0.25, -0.2) is 4.39 Å². The molecule has 26 heavy (non-hydrogen) atoms. The number of nitrogens with one attached hydrogen (secondary N) is 1. The van der Waals surface area contributed by atoms with Gasteiger partial charge in [-0.3, -0.25) is 9.48 Å². The number of rotatable bonds is 4. The van der Waals surface area contributed by atoms with Crippen LogP contribution in [0.1, 0.15) is 0 Å². The van der Waals surface area contributed by atoms with Crippen molar-refractivity contribution in [3.05, 3.63) is 60.9 Å². The second-order valence-corrected chi connectivity index (χ2v) is 6.50. The van der Waals surface area contributed by atoms with E-state index in [1.807, 2.05) is 36.0 Å². The number of carbonyl (C=O) groups excluding carboxylic acids is 1. The van der Waals surface area contributed by atoms with Crippen molar-refractivity contribution >= 4 is 22.6 Å². The molecule has 0 radical (unpaired) electrons. The van der Waals surface area contributed by atoms with E-state index < -0.39 is 0 Å². The minimum atomic E-state index is -0.252. The van der Waals surface area contributed by atoms with Crippen molar-refractivity contribution in [1.29, 1.82) is 0 Å². The smallest absolute Gasteiger partial charge is 0.243 e. The molecule has 1 aliphatic heterocycles. The van der Waals surface area contributed by atoms with Crippen LogP contribution in [0.5, 0.6) is 0 Å². The number of carbonyl (C=O) groups is 1. The molecule has 1 N–H and O–H groups in total. The molecular weight excluding hydrogens is 331 g/mol. The van der Waals surface area contributed by atoms with Crippen LogP contribution < -0.4 is 10.2 Å².